The van der Waals surface area contributed by atoms with Crippen molar-refractivity contribution >= 4 is 0 Å². The Morgan fingerprint density at radius 3 is 2.29 bits per heavy atom. The van der Waals surface area contributed by atoms with Crippen LogP contribution in [-0.2, 0) is 6.54 Å². The van der Waals surface area contributed by atoms with Gasteiger partial charge in [-0.05, 0) is 37.1 Å². The number of nitrogens with zero attached hydrogens (tertiary/aromatic N) is 3. The first-order chi connectivity index (χ1) is 11.6. The Balaban J connectivity index is 1.55. The van der Waals surface area contributed by atoms with Gasteiger partial charge in [0.1, 0.15) is 30.1 Å². The molecular formula is C19H21N3O2. The van der Waals surface area contributed by atoms with E-state index in [4.69, 9.17) is 4.74 Å². The first kappa shape index (κ1) is 16.2. The molecule has 0 unspecified atom stereocenters. The highest BCUT2D eigenvalue weighted by Crippen LogP contribution is 2.22. The monoisotopic (exact) mass is 323 g/mol. The standard InChI is InChI=1S/C19H21N3O2/c1-14-20-15(2)22(21-14)12-18(23)13-24-19-10-8-17(9-11-19)16-6-4-3-5-7-16/h3-11,18,23H,12-13H2,1-2H3/t18-/m0/s1. The minimum absolute atomic E-state index is 0.211. The third-order valence-corrected chi connectivity index (χ3v) is 3.75. The number of aliphatic hydroxyl groups excluding tert-OH is 1. The lowest BCUT2D eigenvalue weighted by molar-refractivity contribution is 0.0886. The van der Waals surface area contributed by atoms with Crippen molar-refractivity contribution in [2.75, 3.05) is 6.61 Å². The second-order valence-corrected chi connectivity index (χ2v) is 5.74. The van der Waals surface area contributed by atoms with Crippen LogP contribution in [0.25, 0.3) is 11.1 Å². The molecular weight excluding hydrogens is 302 g/mol. The topological polar surface area (TPSA) is 60.2 Å². The Morgan fingerprint density at radius 1 is 1.00 bits per heavy atom. The minimum atomic E-state index is -0.640. The van der Waals surface area contributed by atoms with E-state index in [9.17, 15) is 5.11 Å². The Morgan fingerprint density at radius 2 is 1.67 bits per heavy atom. The van der Waals surface area contributed by atoms with Crippen molar-refractivity contribution in [1.29, 1.82) is 0 Å². The number of hydrogen-bond donors (Lipinski definition) is 1. The van der Waals surface area contributed by atoms with E-state index in [-0.39, 0.29) is 6.61 Å². The molecule has 5 heteroatoms. The summed E-state index contributed by atoms with van der Waals surface area (Å²) >= 11 is 0. The van der Waals surface area contributed by atoms with Crippen molar-refractivity contribution < 1.29 is 9.84 Å². The third kappa shape index (κ3) is 4.00. The van der Waals surface area contributed by atoms with Crippen molar-refractivity contribution in [1.82, 2.24) is 14.8 Å². The van der Waals surface area contributed by atoms with Gasteiger partial charge in [0, 0.05) is 0 Å². The molecule has 0 aliphatic carbocycles. The maximum Gasteiger partial charge on any atom is 0.147 e. The maximum atomic E-state index is 10.1. The van der Waals surface area contributed by atoms with Crippen molar-refractivity contribution in [3.05, 3.63) is 66.2 Å². The molecule has 0 bridgehead atoms. The van der Waals surface area contributed by atoms with Gasteiger partial charge in [-0.15, -0.1) is 0 Å². The molecule has 1 atom stereocenters. The molecule has 0 amide bonds. The van der Waals surface area contributed by atoms with Gasteiger partial charge in [0.05, 0.1) is 6.54 Å². The van der Waals surface area contributed by atoms with E-state index in [0.717, 1.165) is 17.1 Å². The molecule has 0 spiro atoms. The van der Waals surface area contributed by atoms with E-state index >= 15 is 0 Å². The predicted molar refractivity (Wildman–Crippen MR) is 92.9 cm³/mol. The van der Waals surface area contributed by atoms with E-state index in [1.165, 1.54) is 5.56 Å². The summed E-state index contributed by atoms with van der Waals surface area (Å²) in [6.45, 7) is 4.29. The fourth-order valence-corrected chi connectivity index (χ4v) is 2.55. The zero-order valence-corrected chi connectivity index (χ0v) is 13.9. The maximum absolute atomic E-state index is 10.1. The van der Waals surface area contributed by atoms with E-state index < -0.39 is 6.10 Å². The summed E-state index contributed by atoms with van der Waals surface area (Å²) in [5.41, 5.74) is 2.30. The zero-order valence-electron chi connectivity index (χ0n) is 13.9. The normalized spacial score (nSPS) is 12.1. The summed E-state index contributed by atoms with van der Waals surface area (Å²) in [5, 5.41) is 14.4. The van der Waals surface area contributed by atoms with E-state index in [0.29, 0.717) is 12.4 Å². The quantitative estimate of drug-likeness (QED) is 0.757. The summed E-state index contributed by atoms with van der Waals surface area (Å²) in [6, 6.07) is 18.0. The molecule has 124 valence electrons. The highest BCUT2D eigenvalue weighted by molar-refractivity contribution is 5.63. The number of aliphatic hydroxyl groups is 1. The Hall–Kier alpha value is -2.66. The molecule has 0 aliphatic heterocycles. The molecule has 1 heterocycles. The van der Waals surface area contributed by atoms with Crippen LogP contribution in [-0.4, -0.2) is 32.6 Å². The molecule has 0 saturated heterocycles. The van der Waals surface area contributed by atoms with E-state index in [2.05, 4.69) is 22.2 Å². The van der Waals surface area contributed by atoms with Crippen molar-refractivity contribution in [3.63, 3.8) is 0 Å². The average molecular weight is 323 g/mol. The van der Waals surface area contributed by atoms with Gasteiger partial charge in [-0.1, -0.05) is 42.5 Å². The highest BCUT2D eigenvalue weighted by atomic mass is 16.5. The van der Waals surface area contributed by atoms with Crippen molar-refractivity contribution in [3.8, 4) is 16.9 Å². The van der Waals surface area contributed by atoms with Crippen LogP contribution in [0.2, 0.25) is 0 Å². The van der Waals surface area contributed by atoms with Gasteiger partial charge >= 0.3 is 0 Å². The number of aromatic nitrogens is 3. The average Bonchev–Trinajstić information content (AvgIpc) is 2.91. The molecule has 2 aromatic carbocycles. The lowest BCUT2D eigenvalue weighted by atomic mass is 10.1. The molecule has 1 N–H and O–H groups in total. The molecule has 0 fully saturated rings. The summed E-state index contributed by atoms with van der Waals surface area (Å²) in [7, 11) is 0. The summed E-state index contributed by atoms with van der Waals surface area (Å²) < 4.78 is 7.36. The van der Waals surface area contributed by atoms with Gasteiger partial charge in [0.25, 0.3) is 0 Å². The summed E-state index contributed by atoms with van der Waals surface area (Å²) in [5.74, 6) is 2.23. The number of rotatable bonds is 6. The molecule has 5 nitrogen and oxygen atoms in total. The van der Waals surface area contributed by atoms with Crippen LogP contribution < -0.4 is 4.74 Å². The SMILES string of the molecule is Cc1nc(C)n(C[C@H](O)COc2ccc(-c3ccccc3)cc2)n1. The zero-order chi connectivity index (χ0) is 16.9. The fourth-order valence-electron chi connectivity index (χ4n) is 2.55. The van der Waals surface area contributed by atoms with Gasteiger partial charge in [-0.25, -0.2) is 9.67 Å². The smallest absolute Gasteiger partial charge is 0.147 e. The van der Waals surface area contributed by atoms with Gasteiger partial charge in [-0.3, -0.25) is 0 Å². The second kappa shape index (κ2) is 7.27. The van der Waals surface area contributed by atoms with Crippen LogP contribution in [0.3, 0.4) is 0 Å². The summed E-state index contributed by atoms with van der Waals surface area (Å²) in [6.07, 6.45) is -0.640. The van der Waals surface area contributed by atoms with Crippen LogP contribution in [0, 0.1) is 13.8 Å². The van der Waals surface area contributed by atoms with Crippen LogP contribution >= 0.6 is 0 Å². The van der Waals surface area contributed by atoms with Gasteiger partial charge < -0.3 is 9.84 Å². The summed E-state index contributed by atoms with van der Waals surface area (Å²) in [4.78, 5) is 4.22. The lowest BCUT2D eigenvalue weighted by Crippen LogP contribution is -2.24. The van der Waals surface area contributed by atoms with E-state index in [1.807, 2.05) is 56.3 Å². The number of benzene rings is 2. The largest absolute Gasteiger partial charge is 0.491 e. The van der Waals surface area contributed by atoms with Crippen LogP contribution in [0.4, 0.5) is 0 Å². The molecule has 3 rings (SSSR count). The third-order valence-electron chi connectivity index (χ3n) is 3.75. The predicted octanol–water partition coefficient (Wildman–Crippen LogP) is 3.00. The number of ether oxygens (including phenoxy) is 1. The van der Waals surface area contributed by atoms with Crippen LogP contribution in [0.1, 0.15) is 11.6 Å². The molecule has 1 aromatic heterocycles. The van der Waals surface area contributed by atoms with Crippen LogP contribution in [0.5, 0.6) is 5.75 Å². The Labute approximate surface area is 141 Å². The van der Waals surface area contributed by atoms with Gasteiger partial charge in [0.15, 0.2) is 0 Å². The minimum Gasteiger partial charge on any atom is -0.491 e. The molecule has 0 aliphatic rings. The second-order valence-electron chi connectivity index (χ2n) is 5.74. The van der Waals surface area contributed by atoms with Gasteiger partial charge in [-0.2, -0.15) is 5.10 Å². The van der Waals surface area contributed by atoms with Crippen molar-refractivity contribution in [2.45, 2.75) is 26.5 Å². The molecule has 24 heavy (non-hydrogen) atoms. The number of aryl methyl sites for hydroxylation is 2. The Bertz CT molecular complexity index is 782. The molecule has 0 radical (unpaired) electrons. The van der Waals surface area contributed by atoms with E-state index in [1.54, 1.807) is 4.68 Å². The first-order valence-electron chi connectivity index (χ1n) is 7.96. The van der Waals surface area contributed by atoms with Crippen LogP contribution in [0.15, 0.2) is 54.6 Å². The fraction of sp³-hybridized carbons (Fsp3) is 0.263. The molecule has 0 saturated carbocycles. The molecule has 3 aromatic rings. The Kier molecular flexibility index (Phi) is 4.91. The number of hydrogen-bond acceptors (Lipinski definition) is 4. The van der Waals surface area contributed by atoms with Crippen molar-refractivity contribution in [2.24, 2.45) is 0 Å². The first-order valence-corrected chi connectivity index (χ1v) is 7.96. The highest BCUT2D eigenvalue weighted by Gasteiger charge is 2.10. The van der Waals surface area contributed by atoms with Gasteiger partial charge in [0.2, 0.25) is 0 Å². The lowest BCUT2D eigenvalue weighted by Gasteiger charge is -2.13.